The molecule has 0 aliphatic carbocycles. The highest BCUT2D eigenvalue weighted by atomic mass is 19.1. The third-order valence-electron chi connectivity index (χ3n) is 4.34. The highest BCUT2D eigenvalue weighted by molar-refractivity contribution is 5.78. The van der Waals surface area contributed by atoms with Gasteiger partial charge in [-0.25, -0.2) is 4.39 Å². The predicted molar refractivity (Wildman–Crippen MR) is 94.4 cm³/mol. The summed E-state index contributed by atoms with van der Waals surface area (Å²) >= 11 is 0. The van der Waals surface area contributed by atoms with Crippen LogP contribution in [-0.4, -0.2) is 41.8 Å². The van der Waals surface area contributed by atoms with Gasteiger partial charge in [-0.15, -0.1) is 0 Å². The quantitative estimate of drug-likeness (QED) is 0.825. The number of benzene rings is 2. The Balaban J connectivity index is 1.68. The number of phenols is 1. The fourth-order valence-electron chi connectivity index (χ4n) is 2.93. The monoisotopic (exact) mass is 359 g/mol. The van der Waals surface area contributed by atoms with Crippen molar-refractivity contribution in [3.63, 3.8) is 0 Å². The van der Waals surface area contributed by atoms with Crippen molar-refractivity contribution in [2.45, 2.75) is 25.5 Å². The van der Waals surface area contributed by atoms with Crippen molar-refractivity contribution in [3.8, 4) is 11.5 Å². The Morgan fingerprint density at radius 1 is 1.23 bits per heavy atom. The zero-order valence-corrected chi connectivity index (χ0v) is 14.4. The number of halogens is 1. The van der Waals surface area contributed by atoms with Crippen molar-refractivity contribution in [1.82, 2.24) is 4.90 Å². The molecule has 0 saturated carbocycles. The molecule has 6 heteroatoms. The van der Waals surface area contributed by atoms with Crippen molar-refractivity contribution in [2.75, 3.05) is 19.8 Å². The van der Waals surface area contributed by atoms with Gasteiger partial charge in [-0.1, -0.05) is 30.3 Å². The van der Waals surface area contributed by atoms with Crippen LogP contribution in [0.4, 0.5) is 4.39 Å². The molecule has 1 fully saturated rings. The van der Waals surface area contributed by atoms with Gasteiger partial charge in [0.2, 0.25) is 0 Å². The van der Waals surface area contributed by atoms with Gasteiger partial charge in [0.1, 0.15) is 5.75 Å². The van der Waals surface area contributed by atoms with Gasteiger partial charge in [0.15, 0.2) is 18.2 Å². The summed E-state index contributed by atoms with van der Waals surface area (Å²) in [5.41, 5.74) is 0.643. The second kappa shape index (κ2) is 8.67. The number of rotatable bonds is 7. The van der Waals surface area contributed by atoms with Gasteiger partial charge in [-0.05, 0) is 31.0 Å². The van der Waals surface area contributed by atoms with Crippen molar-refractivity contribution >= 4 is 5.91 Å². The molecule has 1 amide bonds. The maximum Gasteiger partial charge on any atom is 0.260 e. The molecule has 1 saturated heterocycles. The van der Waals surface area contributed by atoms with Crippen molar-refractivity contribution in [3.05, 3.63) is 59.9 Å². The molecule has 26 heavy (non-hydrogen) atoms. The van der Waals surface area contributed by atoms with E-state index in [2.05, 4.69) is 0 Å². The zero-order valence-electron chi connectivity index (χ0n) is 14.4. The lowest BCUT2D eigenvalue weighted by molar-refractivity contribution is -0.135. The molecule has 0 bridgehead atoms. The van der Waals surface area contributed by atoms with Crippen LogP contribution in [0, 0.1) is 5.82 Å². The molecule has 1 atom stereocenters. The Morgan fingerprint density at radius 2 is 2.00 bits per heavy atom. The predicted octanol–water partition coefficient (Wildman–Crippen LogP) is 3.12. The molecule has 2 aromatic rings. The highest BCUT2D eigenvalue weighted by Crippen LogP contribution is 2.21. The van der Waals surface area contributed by atoms with Gasteiger partial charge in [-0.2, -0.15) is 0 Å². The first-order valence-corrected chi connectivity index (χ1v) is 8.67. The summed E-state index contributed by atoms with van der Waals surface area (Å²) in [5, 5.41) is 10.00. The maximum absolute atomic E-state index is 13.7. The van der Waals surface area contributed by atoms with Gasteiger partial charge >= 0.3 is 0 Å². The molecule has 1 aliphatic heterocycles. The minimum atomic E-state index is -0.508. The standard InChI is InChI=1S/C20H22FNO4/c21-17-8-2-4-10-19(17)26-14-20(24)22(13-16-7-5-11-25-16)12-15-6-1-3-9-18(15)23/h1-4,6,8-10,16,23H,5,7,11-14H2. The largest absolute Gasteiger partial charge is 0.508 e. The van der Waals surface area contributed by atoms with Gasteiger partial charge < -0.3 is 19.5 Å². The number of nitrogens with zero attached hydrogens (tertiary/aromatic N) is 1. The van der Waals surface area contributed by atoms with Crippen LogP contribution in [0.25, 0.3) is 0 Å². The van der Waals surface area contributed by atoms with Crippen LogP contribution < -0.4 is 4.74 Å². The summed E-state index contributed by atoms with van der Waals surface area (Å²) in [6.45, 7) is 1.07. The Labute approximate surface area is 152 Å². The third kappa shape index (κ3) is 4.73. The lowest BCUT2D eigenvalue weighted by Crippen LogP contribution is -2.39. The van der Waals surface area contributed by atoms with Crippen LogP contribution in [0.15, 0.2) is 48.5 Å². The van der Waals surface area contributed by atoms with Crippen molar-refractivity contribution < 1.29 is 23.8 Å². The first-order chi connectivity index (χ1) is 12.6. The van der Waals surface area contributed by atoms with E-state index in [9.17, 15) is 14.3 Å². The topological polar surface area (TPSA) is 59.0 Å². The molecular weight excluding hydrogens is 337 g/mol. The van der Waals surface area contributed by atoms with Crippen LogP contribution in [0.3, 0.4) is 0 Å². The maximum atomic E-state index is 13.7. The third-order valence-corrected chi connectivity index (χ3v) is 4.34. The number of hydrogen-bond donors (Lipinski definition) is 1. The van der Waals surface area contributed by atoms with Crippen LogP contribution in [0.5, 0.6) is 11.5 Å². The average Bonchev–Trinajstić information content (AvgIpc) is 3.15. The molecule has 138 valence electrons. The Kier molecular flexibility index (Phi) is 6.07. The summed E-state index contributed by atoms with van der Waals surface area (Å²) in [6, 6.07) is 12.9. The molecule has 2 aromatic carbocycles. The number of ether oxygens (including phenoxy) is 2. The number of aromatic hydroxyl groups is 1. The van der Waals surface area contributed by atoms with Gasteiger partial charge in [0, 0.05) is 25.3 Å². The first-order valence-electron chi connectivity index (χ1n) is 8.67. The van der Waals surface area contributed by atoms with Crippen LogP contribution in [0.2, 0.25) is 0 Å². The second-order valence-electron chi connectivity index (χ2n) is 6.26. The van der Waals surface area contributed by atoms with Gasteiger partial charge in [0.25, 0.3) is 5.91 Å². The normalized spacial score (nSPS) is 16.4. The zero-order chi connectivity index (χ0) is 18.4. The van der Waals surface area contributed by atoms with E-state index in [0.717, 1.165) is 12.8 Å². The van der Waals surface area contributed by atoms with E-state index >= 15 is 0 Å². The van der Waals surface area contributed by atoms with Crippen molar-refractivity contribution in [1.29, 1.82) is 0 Å². The summed E-state index contributed by atoms with van der Waals surface area (Å²) in [4.78, 5) is 14.3. The van der Waals surface area contributed by atoms with E-state index in [1.165, 1.54) is 12.1 Å². The van der Waals surface area contributed by atoms with E-state index in [-0.39, 0.29) is 36.7 Å². The molecule has 1 aliphatic rings. The Hall–Kier alpha value is -2.60. The molecule has 5 nitrogen and oxygen atoms in total. The SMILES string of the molecule is O=C(COc1ccccc1F)N(Cc1ccccc1O)CC1CCCO1. The summed E-state index contributed by atoms with van der Waals surface area (Å²) in [5.74, 6) is -0.619. The number of carbonyl (C=O) groups is 1. The number of para-hydroxylation sites is 2. The fraction of sp³-hybridized carbons (Fsp3) is 0.350. The molecule has 1 heterocycles. The number of hydrogen-bond acceptors (Lipinski definition) is 4. The molecule has 0 radical (unpaired) electrons. The Morgan fingerprint density at radius 3 is 2.73 bits per heavy atom. The van der Waals surface area contributed by atoms with E-state index in [4.69, 9.17) is 9.47 Å². The van der Waals surface area contributed by atoms with E-state index in [0.29, 0.717) is 18.7 Å². The van der Waals surface area contributed by atoms with E-state index < -0.39 is 5.82 Å². The highest BCUT2D eigenvalue weighted by Gasteiger charge is 2.24. The molecular formula is C20H22FNO4. The van der Waals surface area contributed by atoms with E-state index in [1.54, 1.807) is 41.3 Å². The average molecular weight is 359 g/mol. The summed E-state index contributed by atoms with van der Waals surface area (Å²) in [6.07, 6.45) is 1.83. The van der Waals surface area contributed by atoms with Crippen LogP contribution >= 0.6 is 0 Å². The lowest BCUT2D eigenvalue weighted by atomic mass is 10.1. The summed E-state index contributed by atoms with van der Waals surface area (Å²) in [7, 11) is 0. The second-order valence-corrected chi connectivity index (χ2v) is 6.26. The van der Waals surface area contributed by atoms with Gasteiger partial charge in [0.05, 0.1) is 6.10 Å². The van der Waals surface area contributed by atoms with Gasteiger partial charge in [-0.3, -0.25) is 4.79 Å². The molecule has 1 N–H and O–H groups in total. The Bertz CT molecular complexity index is 746. The molecule has 0 spiro atoms. The van der Waals surface area contributed by atoms with Crippen LogP contribution in [-0.2, 0) is 16.1 Å². The minimum Gasteiger partial charge on any atom is -0.508 e. The molecule has 1 unspecified atom stereocenters. The first kappa shape index (κ1) is 18.2. The number of carbonyl (C=O) groups excluding carboxylic acids is 1. The molecule has 0 aromatic heterocycles. The van der Waals surface area contributed by atoms with Crippen LogP contribution in [0.1, 0.15) is 18.4 Å². The number of amides is 1. The fourth-order valence-corrected chi connectivity index (χ4v) is 2.93. The number of phenolic OH excluding ortho intramolecular Hbond substituents is 1. The van der Waals surface area contributed by atoms with Crippen molar-refractivity contribution in [2.24, 2.45) is 0 Å². The lowest BCUT2D eigenvalue weighted by Gasteiger charge is -2.26. The van der Waals surface area contributed by atoms with E-state index in [1.807, 2.05) is 0 Å². The summed E-state index contributed by atoms with van der Waals surface area (Å²) < 4.78 is 24.6. The smallest absolute Gasteiger partial charge is 0.260 e. The molecule has 3 rings (SSSR count). The minimum absolute atomic E-state index is 0.0294.